The molecule has 1 fully saturated rings. The van der Waals surface area contributed by atoms with E-state index in [0.717, 1.165) is 19.4 Å². The lowest BCUT2D eigenvalue weighted by atomic mass is 10.0. The molecule has 4 heteroatoms. The molecular formula is C14H20N2O2. The summed E-state index contributed by atoms with van der Waals surface area (Å²) >= 11 is 0. The molecule has 4 nitrogen and oxygen atoms in total. The van der Waals surface area contributed by atoms with Crippen LogP contribution in [0.4, 0.5) is 5.69 Å². The summed E-state index contributed by atoms with van der Waals surface area (Å²) in [5.74, 6) is 0.610. The zero-order valence-electron chi connectivity index (χ0n) is 11.0. The Morgan fingerprint density at radius 2 is 2.22 bits per heavy atom. The highest BCUT2D eigenvalue weighted by Gasteiger charge is 2.26. The molecule has 1 heterocycles. The largest absolute Gasteiger partial charge is 0.496 e. The third-order valence-corrected chi connectivity index (χ3v) is 3.52. The Morgan fingerprint density at radius 3 is 2.89 bits per heavy atom. The molecule has 0 spiro atoms. The van der Waals surface area contributed by atoms with Gasteiger partial charge in [-0.1, -0.05) is 0 Å². The standard InChI is InChI=1S/C14H20N2O2/c1-10-5-3-4-8-16(10)14(17)12-9-11(15)6-7-13(12)18-2/h6-7,9-10H,3-5,8,15H2,1-2H3/t10-/m0/s1. The number of likely N-dealkylation sites (tertiary alicyclic amines) is 1. The van der Waals surface area contributed by atoms with Crippen molar-refractivity contribution < 1.29 is 9.53 Å². The Kier molecular flexibility index (Phi) is 3.75. The van der Waals surface area contributed by atoms with Gasteiger partial charge in [0.15, 0.2) is 0 Å². The average Bonchev–Trinajstić information content (AvgIpc) is 2.38. The number of anilines is 1. The molecule has 1 aliphatic rings. The Labute approximate surface area is 108 Å². The van der Waals surface area contributed by atoms with Crippen LogP contribution in [0.3, 0.4) is 0 Å². The lowest BCUT2D eigenvalue weighted by molar-refractivity contribution is 0.0632. The second-order valence-electron chi connectivity index (χ2n) is 4.80. The zero-order chi connectivity index (χ0) is 13.1. The van der Waals surface area contributed by atoms with Gasteiger partial charge in [0.1, 0.15) is 5.75 Å². The van der Waals surface area contributed by atoms with Crippen molar-refractivity contribution in [2.45, 2.75) is 32.2 Å². The van der Waals surface area contributed by atoms with E-state index in [-0.39, 0.29) is 11.9 Å². The molecule has 1 atom stereocenters. The first-order chi connectivity index (χ1) is 8.63. The van der Waals surface area contributed by atoms with Crippen molar-refractivity contribution in [3.8, 4) is 5.75 Å². The van der Waals surface area contributed by atoms with Crippen LogP contribution in [0.1, 0.15) is 36.5 Å². The monoisotopic (exact) mass is 248 g/mol. The van der Waals surface area contributed by atoms with E-state index >= 15 is 0 Å². The smallest absolute Gasteiger partial charge is 0.257 e. The molecule has 0 saturated carbocycles. The van der Waals surface area contributed by atoms with Crippen LogP contribution in [0.5, 0.6) is 5.75 Å². The first-order valence-electron chi connectivity index (χ1n) is 6.38. The molecule has 0 aliphatic carbocycles. The van der Waals surface area contributed by atoms with Crippen molar-refractivity contribution in [2.24, 2.45) is 0 Å². The number of carbonyl (C=O) groups excluding carboxylic acids is 1. The lowest BCUT2D eigenvalue weighted by Gasteiger charge is -2.33. The quantitative estimate of drug-likeness (QED) is 0.817. The maximum Gasteiger partial charge on any atom is 0.257 e. The second kappa shape index (κ2) is 5.29. The van der Waals surface area contributed by atoms with Crippen molar-refractivity contribution in [3.63, 3.8) is 0 Å². The highest BCUT2D eigenvalue weighted by Crippen LogP contribution is 2.26. The van der Waals surface area contributed by atoms with Gasteiger partial charge in [0.2, 0.25) is 0 Å². The lowest BCUT2D eigenvalue weighted by Crippen LogP contribution is -2.42. The Balaban J connectivity index is 2.29. The first kappa shape index (κ1) is 12.7. The molecule has 1 aliphatic heterocycles. The van der Waals surface area contributed by atoms with E-state index in [1.165, 1.54) is 6.42 Å². The summed E-state index contributed by atoms with van der Waals surface area (Å²) in [6, 6.07) is 5.48. The number of benzene rings is 1. The number of amides is 1. The van der Waals surface area contributed by atoms with Crippen LogP contribution in [-0.4, -0.2) is 30.5 Å². The topological polar surface area (TPSA) is 55.6 Å². The molecule has 1 saturated heterocycles. The number of nitrogens with two attached hydrogens (primary N) is 1. The Bertz CT molecular complexity index is 445. The van der Waals surface area contributed by atoms with Crippen LogP contribution in [0, 0.1) is 0 Å². The zero-order valence-corrected chi connectivity index (χ0v) is 11.0. The van der Waals surface area contributed by atoms with Gasteiger partial charge >= 0.3 is 0 Å². The summed E-state index contributed by atoms with van der Waals surface area (Å²) in [6.07, 6.45) is 3.33. The molecule has 1 amide bonds. The van der Waals surface area contributed by atoms with Crippen LogP contribution >= 0.6 is 0 Å². The van der Waals surface area contributed by atoms with Gasteiger partial charge in [-0.05, 0) is 44.4 Å². The van der Waals surface area contributed by atoms with Crippen LogP contribution in [0.25, 0.3) is 0 Å². The van der Waals surface area contributed by atoms with Gasteiger partial charge in [0, 0.05) is 18.3 Å². The number of ether oxygens (including phenoxy) is 1. The van der Waals surface area contributed by atoms with E-state index in [4.69, 9.17) is 10.5 Å². The Hall–Kier alpha value is -1.71. The van der Waals surface area contributed by atoms with E-state index in [0.29, 0.717) is 17.0 Å². The minimum atomic E-state index is 0.0198. The summed E-state index contributed by atoms with van der Waals surface area (Å²) in [6.45, 7) is 2.91. The van der Waals surface area contributed by atoms with Crippen molar-refractivity contribution in [3.05, 3.63) is 23.8 Å². The first-order valence-corrected chi connectivity index (χ1v) is 6.38. The predicted molar refractivity (Wildman–Crippen MR) is 71.8 cm³/mol. The summed E-state index contributed by atoms with van der Waals surface area (Å²) < 4.78 is 5.24. The SMILES string of the molecule is COc1ccc(N)cc1C(=O)N1CCCC[C@@H]1C. The molecule has 0 unspecified atom stereocenters. The third-order valence-electron chi connectivity index (χ3n) is 3.52. The average molecular weight is 248 g/mol. The van der Waals surface area contributed by atoms with Gasteiger partial charge < -0.3 is 15.4 Å². The maximum absolute atomic E-state index is 12.5. The van der Waals surface area contributed by atoms with Crippen molar-refractivity contribution in [2.75, 3.05) is 19.4 Å². The fourth-order valence-electron chi connectivity index (χ4n) is 2.45. The molecule has 18 heavy (non-hydrogen) atoms. The van der Waals surface area contributed by atoms with E-state index in [1.807, 2.05) is 4.90 Å². The van der Waals surface area contributed by atoms with Crippen LogP contribution in [0.2, 0.25) is 0 Å². The number of nitrogen functional groups attached to an aromatic ring is 1. The van der Waals surface area contributed by atoms with Gasteiger partial charge in [0.05, 0.1) is 12.7 Å². The van der Waals surface area contributed by atoms with Gasteiger partial charge in [-0.2, -0.15) is 0 Å². The van der Waals surface area contributed by atoms with Gasteiger partial charge in [-0.3, -0.25) is 4.79 Å². The minimum Gasteiger partial charge on any atom is -0.496 e. The molecular weight excluding hydrogens is 228 g/mol. The molecule has 0 radical (unpaired) electrons. The van der Waals surface area contributed by atoms with E-state index in [1.54, 1.807) is 25.3 Å². The highest BCUT2D eigenvalue weighted by molar-refractivity contribution is 5.98. The van der Waals surface area contributed by atoms with Gasteiger partial charge in [0.25, 0.3) is 5.91 Å². The molecule has 2 N–H and O–H groups in total. The molecule has 0 bridgehead atoms. The highest BCUT2D eigenvalue weighted by atomic mass is 16.5. The van der Waals surface area contributed by atoms with Crippen molar-refractivity contribution in [1.29, 1.82) is 0 Å². The molecule has 0 aromatic heterocycles. The van der Waals surface area contributed by atoms with E-state index < -0.39 is 0 Å². The molecule has 1 aromatic rings. The molecule has 2 rings (SSSR count). The molecule has 98 valence electrons. The third kappa shape index (κ3) is 2.42. The van der Waals surface area contributed by atoms with Crippen LogP contribution < -0.4 is 10.5 Å². The summed E-state index contributed by atoms with van der Waals surface area (Å²) in [4.78, 5) is 14.4. The van der Waals surface area contributed by atoms with E-state index in [9.17, 15) is 4.79 Å². The number of piperidine rings is 1. The summed E-state index contributed by atoms with van der Waals surface area (Å²) in [5, 5.41) is 0. The number of nitrogens with zero attached hydrogens (tertiary/aromatic N) is 1. The number of methoxy groups -OCH3 is 1. The fraction of sp³-hybridized carbons (Fsp3) is 0.500. The van der Waals surface area contributed by atoms with Gasteiger partial charge in [-0.25, -0.2) is 0 Å². The van der Waals surface area contributed by atoms with Crippen LogP contribution in [0.15, 0.2) is 18.2 Å². The number of hydrogen-bond acceptors (Lipinski definition) is 3. The summed E-state index contributed by atoms with van der Waals surface area (Å²) in [5.41, 5.74) is 6.91. The Morgan fingerprint density at radius 1 is 1.44 bits per heavy atom. The minimum absolute atomic E-state index is 0.0198. The predicted octanol–water partition coefficient (Wildman–Crippen LogP) is 2.29. The van der Waals surface area contributed by atoms with Gasteiger partial charge in [-0.15, -0.1) is 0 Å². The van der Waals surface area contributed by atoms with Crippen molar-refractivity contribution in [1.82, 2.24) is 4.90 Å². The van der Waals surface area contributed by atoms with Crippen molar-refractivity contribution >= 4 is 11.6 Å². The molecule has 1 aromatic carbocycles. The second-order valence-corrected chi connectivity index (χ2v) is 4.80. The van der Waals surface area contributed by atoms with E-state index in [2.05, 4.69) is 6.92 Å². The number of hydrogen-bond donors (Lipinski definition) is 1. The normalized spacial score (nSPS) is 19.7. The number of rotatable bonds is 2. The number of carbonyl (C=O) groups is 1. The fourth-order valence-corrected chi connectivity index (χ4v) is 2.45. The maximum atomic E-state index is 12.5. The van der Waals surface area contributed by atoms with Crippen LogP contribution in [-0.2, 0) is 0 Å². The summed E-state index contributed by atoms with van der Waals surface area (Å²) in [7, 11) is 1.57.